The molecule has 0 saturated heterocycles. The highest BCUT2D eigenvalue weighted by Gasteiger charge is 2.15. The Hall–Kier alpha value is -2.11. The van der Waals surface area contributed by atoms with Crippen LogP contribution >= 0.6 is 0 Å². The van der Waals surface area contributed by atoms with Crippen molar-refractivity contribution in [2.75, 3.05) is 5.32 Å². The second-order valence-corrected chi connectivity index (χ2v) is 4.76. The van der Waals surface area contributed by atoms with Crippen molar-refractivity contribution >= 4 is 5.95 Å². The zero-order valence-electron chi connectivity index (χ0n) is 11.8. The average Bonchev–Trinajstić information content (AvgIpc) is 2.47. The zero-order chi connectivity index (χ0) is 15.4. The fourth-order valence-corrected chi connectivity index (χ4v) is 1.73. The van der Waals surface area contributed by atoms with Crippen molar-refractivity contribution in [3.8, 4) is 11.3 Å². The Balaban J connectivity index is 2.42. The number of nitrogens with one attached hydrogen (secondary N) is 1. The van der Waals surface area contributed by atoms with E-state index in [-0.39, 0.29) is 23.5 Å². The van der Waals surface area contributed by atoms with Crippen molar-refractivity contribution in [3.63, 3.8) is 0 Å². The van der Waals surface area contributed by atoms with Crippen molar-refractivity contribution in [2.45, 2.75) is 32.7 Å². The lowest BCUT2D eigenvalue weighted by molar-refractivity contribution is 0.146. The first-order valence-electron chi connectivity index (χ1n) is 6.69. The van der Waals surface area contributed by atoms with Crippen LogP contribution in [0.1, 0.15) is 32.4 Å². The van der Waals surface area contributed by atoms with E-state index in [2.05, 4.69) is 15.3 Å². The summed E-state index contributed by atoms with van der Waals surface area (Å²) in [6.07, 6.45) is -1.88. The summed E-state index contributed by atoms with van der Waals surface area (Å²) in [6.45, 7) is 3.88. The topological polar surface area (TPSA) is 37.8 Å². The highest BCUT2D eigenvalue weighted by atomic mass is 19.3. The van der Waals surface area contributed by atoms with Crippen LogP contribution in [0, 0.1) is 5.82 Å². The fraction of sp³-hybridized carbons (Fsp3) is 0.333. The molecule has 1 aromatic carbocycles. The molecule has 1 heterocycles. The van der Waals surface area contributed by atoms with E-state index < -0.39 is 6.43 Å². The maximum absolute atomic E-state index is 12.9. The number of benzene rings is 1. The largest absolute Gasteiger partial charge is 0.352 e. The van der Waals surface area contributed by atoms with E-state index in [1.54, 1.807) is 0 Å². The molecule has 0 aliphatic rings. The van der Waals surface area contributed by atoms with Gasteiger partial charge in [-0.05, 0) is 43.7 Å². The van der Waals surface area contributed by atoms with E-state index >= 15 is 0 Å². The Morgan fingerprint density at radius 1 is 1.14 bits per heavy atom. The van der Waals surface area contributed by atoms with Crippen LogP contribution in [0.2, 0.25) is 0 Å². The second-order valence-electron chi connectivity index (χ2n) is 4.76. The molecular formula is C15H16F3N3. The molecule has 0 radical (unpaired) electrons. The summed E-state index contributed by atoms with van der Waals surface area (Å²) in [4.78, 5) is 8.04. The van der Waals surface area contributed by atoms with Gasteiger partial charge in [0.15, 0.2) is 0 Å². The van der Waals surface area contributed by atoms with Gasteiger partial charge in [0.25, 0.3) is 6.43 Å². The van der Waals surface area contributed by atoms with Gasteiger partial charge in [0.1, 0.15) is 11.5 Å². The predicted octanol–water partition coefficient (Wildman–Crippen LogP) is 4.43. The minimum absolute atomic E-state index is 0.0685. The van der Waals surface area contributed by atoms with E-state index in [1.807, 2.05) is 13.8 Å². The fourth-order valence-electron chi connectivity index (χ4n) is 1.73. The molecule has 0 aliphatic carbocycles. The molecule has 21 heavy (non-hydrogen) atoms. The van der Waals surface area contributed by atoms with Gasteiger partial charge >= 0.3 is 0 Å². The summed E-state index contributed by atoms with van der Waals surface area (Å²) < 4.78 is 38.8. The number of hydrogen-bond donors (Lipinski definition) is 1. The minimum Gasteiger partial charge on any atom is -0.352 e. The van der Waals surface area contributed by atoms with E-state index in [4.69, 9.17) is 0 Å². The van der Waals surface area contributed by atoms with Crippen LogP contribution < -0.4 is 5.32 Å². The molecule has 3 nitrogen and oxygen atoms in total. The Labute approximate surface area is 121 Å². The van der Waals surface area contributed by atoms with Gasteiger partial charge in [0.05, 0.1) is 5.69 Å². The summed E-state index contributed by atoms with van der Waals surface area (Å²) >= 11 is 0. The Bertz CT molecular complexity index is 600. The number of nitrogens with zero attached hydrogens (tertiary/aromatic N) is 2. The number of anilines is 1. The molecule has 0 fully saturated rings. The molecule has 1 aromatic heterocycles. The maximum atomic E-state index is 12.9. The van der Waals surface area contributed by atoms with Crippen molar-refractivity contribution in [1.29, 1.82) is 0 Å². The zero-order valence-corrected chi connectivity index (χ0v) is 11.8. The van der Waals surface area contributed by atoms with Crippen molar-refractivity contribution in [1.82, 2.24) is 9.97 Å². The monoisotopic (exact) mass is 295 g/mol. The van der Waals surface area contributed by atoms with Gasteiger partial charge in [-0.25, -0.2) is 23.1 Å². The van der Waals surface area contributed by atoms with Crippen LogP contribution in [0.25, 0.3) is 11.3 Å². The standard InChI is InChI=1S/C15H16F3N3/c1-3-9(2)19-15-20-12(8-13(21-15)14(17)18)10-4-6-11(16)7-5-10/h4-9,14H,3H2,1-2H3,(H,19,20,21)/t9-/m1/s1. The van der Waals surface area contributed by atoms with Crippen LogP contribution in [0.4, 0.5) is 19.1 Å². The molecule has 2 aromatic rings. The van der Waals surface area contributed by atoms with Crippen molar-refractivity contribution in [2.24, 2.45) is 0 Å². The molecule has 0 saturated carbocycles. The molecule has 0 amide bonds. The SMILES string of the molecule is CC[C@@H](C)Nc1nc(-c2ccc(F)cc2)cc(C(F)F)n1. The maximum Gasteiger partial charge on any atom is 0.280 e. The lowest BCUT2D eigenvalue weighted by atomic mass is 10.1. The van der Waals surface area contributed by atoms with Crippen LogP contribution in [0.15, 0.2) is 30.3 Å². The highest BCUT2D eigenvalue weighted by Crippen LogP contribution is 2.25. The Kier molecular flexibility index (Phi) is 4.77. The first kappa shape index (κ1) is 15.3. The molecule has 0 aliphatic heterocycles. The van der Waals surface area contributed by atoms with Crippen LogP contribution in [-0.2, 0) is 0 Å². The smallest absolute Gasteiger partial charge is 0.280 e. The number of halogens is 3. The molecule has 112 valence electrons. The Morgan fingerprint density at radius 2 is 1.81 bits per heavy atom. The summed E-state index contributed by atoms with van der Waals surface area (Å²) in [5.41, 5.74) is 0.550. The molecule has 0 bridgehead atoms. The highest BCUT2D eigenvalue weighted by molar-refractivity contribution is 5.60. The number of aromatic nitrogens is 2. The lowest BCUT2D eigenvalue weighted by Crippen LogP contribution is -2.16. The number of alkyl halides is 2. The van der Waals surface area contributed by atoms with Crippen LogP contribution in [-0.4, -0.2) is 16.0 Å². The minimum atomic E-state index is -2.69. The third kappa shape index (κ3) is 3.93. The Morgan fingerprint density at radius 3 is 2.38 bits per heavy atom. The summed E-state index contributed by atoms with van der Waals surface area (Å²) in [6, 6.07) is 6.82. The quantitative estimate of drug-likeness (QED) is 0.886. The van der Waals surface area contributed by atoms with Gasteiger partial charge in [-0.1, -0.05) is 6.92 Å². The van der Waals surface area contributed by atoms with E-state index in [0.717, 1.165) is 6.42 Å². The number of hydrogen-bond acceptors (Lipinski definition) is 3. The molecule has 0 spiro atoms. The number of rotatable bonds is 5. The second kappa shape index (κ2) is 6.56. The van der Waals surface area contributed by atoms with Gasteiger partial charge in [-0.15, -0.1) is 0 Å². The molecule has 1 atom stereocenters. The molecule has 6 heteroatoms. The van der Waals surface area contributed by atoms with Gasteiger partial charge in [0.2, 0.25) is 5.95 Å². The van der Waals surface area contributed by atoms with Crippen LogP contribution in [0.3, 0.4) is 0 Å². The molecular weight excluding hydrogens is 279 g/mol. The van der Waals surface area contributed by atoms with Gasteiger partial charge < -0.3 is 5.32 Å². The molecule has 0 unspecified atom stereocenters. The van der Waals surface area contributed by atoms with E-state index in [1.165, 1.54) is 30.3 Å². The molecule has 1 N–H and O–H groups in total. The molecule has 2 rings (SSSR count). The third-order valence-electron chi connectivity index (χ3n) is 3.10. The predicted molar refractivity (Wildman–Crippen MR) is 75.8 cm³/mol. The van der Waals surface area contributed by atoms with Gasteiger partial charge in [0, 0.05) is 11.6 Å². The van der Waals surface area contributed by atoms with Gasteiger partial charge in [-0.2, -0.15) is 0 Å². The van der Waals surface area contributed by atoms with Crippen LogP contribution in [0.5, 0.6) is 0 Å². The van der Waals surface area contributed by atoms with Crippen molar-refractivity contribution in [3.05, 3.63) is 41.8 Å². The summed E-state index contributed by atoms with van der Waals surface area (Å²) in [5.74, 6) is -0.235. The van der Waals surface area contributed by atoms with Crippen molar-refractivity contribution < 1.29 is 13.2 Å². The summed E-state index contributed by atoms with van der Waals surface area (Å²) in [7, 11) is 0. The van der Waals surface area contributed by atoms with E-state index in [9.17, 15) is 13.2 Å². The summed E-state index contributed by atoms with van der Waals surface area (Å²) in [5, 5.41) is 2.98. The first-order chi connectivity index (χ1) is 9.99. The average molecular weight is 295 g/mol. The normalized spacial score (nSPS) is 12.5. The third-order valence-corrected chi connectivity index (χ3v) is 3.10. The first-order valence-corrected chi connectivity index (χ1v) is 6.69. The van der Waals surface area contributed by atoms with E-state index in [0.29, 0.717) is 11.3 Å². The van der Waals surface area contributed by atoms with Gasteiger partial charge in [-0.3, -0.25) is 0 Å². The lowest BCUT2D eigenvalue weighted by Gasteiger charge is -2.13.